The van der Waals surface area contributed by atoms with E-state index in [0.29, 0.717) is 17.3 Å². The predicted octanol–water partition coefficient (Wildman–Crippen LogP) is 8.82. The van der Waals surface area contributed by atoms with Crippen molar-refractivity contribution < 1.29 is 9.53 Å². The molecule has 33 heavy (non-hydrogen) atoms. The molecule has 0 aromatic carbocycles. The van der Waals surface area contributed by atoms with Gasteiger partial charge < -0.3 is 4.74 Å². The third-order valence-electron chi connectivity index (χ3n) is 11.6. The topological polar surface area (TPSA) is 26.3 Å². The van der Waals surface area contributed by atoms with Gasteiger partial charge in [-0.25, -0.2) is 0 Å². The van der Waals surface area contributed by atoms with E-state index in [9.17, 15) is 4.79 Å². The number of rotatable bonds is 8. The number of hydrogen-bond acceptors (Lipinski definition) is 2. The Labute approximate surface area is 205 Å². The first-order chi connectivity index (χ1) is 15.7. The van der Waals surface area contributed by atoms with Crippen LogP contribution in [0.25, 0.3) is 0 Å². The molecule has 9 atom stereocenters. The fourth-order valence-corrected chi connectivity index (χ4v) is 9.80. The van der Waals surface area contributed by atoms with Gasteiger partial charge in [0.1, 0.15) is 6.10 Å². The van der Waals surface area contributed by atoms with Gasteiger partial charge in [-0.1, -0.05) is 60.8 Å². The quantitative estimate of drug-likeness (QED) is 0.340. The average molecular weight is 459 g/mol. The molecule has 4 aliphatic carbocycles. The molecule has 0 bridgehead atoms. The molecule has 190 valence electrons. The van der Waals surface area contributed by atoms with Crippen molar-refractivity contribution in [2.24, 2.45) is 52.3 Å². The van der Waals surface area contributed by atoms with E-state index in [-0.39, 0.29) is 12.1 Å². The molecular formula is C31H54O2. The van der Waals surface area contributed by atoms with Crippen LogP contribution in [-0.2, 0) is 9.53 Å². The lowest BCUT2D eigenvalue weighted by Crippen LogP contribution is -2.54. The second kappa shape index (κ2) is 10.2. The van der Waals surface area contributed by atoms with Gasteiger partial charge >= 0.3 is 5.97 Å². The molecule has 0 N–H and O–H groups in total. The van der Waals surface area contributed by atoms with Crippen molar-refractivity contribution in [3.05, 3.63) is 0 Å². The largest absolute Gasteiger partial charge is 0.462 e. The first-order valence-corrected chi connectivity index (χ1v) is 14.9. The van der Waals surface area contributed by atoms with Crippen molar-refractivity contribution in [3.63, 3.8) is 0 Å². The summed E-state index contributed by atoms with van der Waals surface area (Å²) >= 11 is 0. The van der Waals surface area contributed by atoms with Crippen molar-refractivity contribution in [1.29, 1.82) is 0 Å². The highest BCUT2D eigenvalue weighted by atomic mass is 16.5. The Kier molecular flexibility index (Phi) is 7.92. The highest BCUT2D eigenvalue weighted by Gasteiger charge is 2.60. The summed E-state index contributed by atoms with van der Waals surface area (Å²) in [5.74, 6) is 6.34. The Hall–Kier alpha value is -0.530. The van der Waals surface area contributed by atoms with Crippen LogP contribution in [0.5, 0.6) is 0 Å². The maximum absolute atomic E-state index is 12.1. The van der Waals surface area contributed by atoms with Crippen molar-refractivity contribution in [2.75, 3.05) is 0 Å². The minimum absolute atomic E-state index is 0.0349. The predicted molar refractivity (Wildman–Crippen MR) is 138 cm³/mol. The van der Waals surface area contributed by atoms with Gasteiger partial charge in [0.15, 0.2) is 0 Å². The maximum Gasteiger partial charge on any atom is 0.306 e. The van der Waals surface area contributed by atoms with Gasteiger partial charge in [-0.05, 0) is 116 Å². The lowest BCUT2D eigenvalue weighted by molar-refractivity contribution is -0.162. The fraction of sp³-hybridized carbons (Fsp3) is 0.968. The molecule has 0 radical (unpaired) electrons. The van der Waals surface area contributed by atoms with E-state index in [1.165, 1.54) is 64.2 Å². The second-order valence-corrected chi connectivity index (χ2v) is 13.8. The summed E-state index contributed by atoms with van der Waals surface area (Å²) in [6, 6.07) is 0. The van der Waals surface area contributed by atoms with E-state index >= 15 is 0 Å². The summed E-state index contributed by atoms with van der Waals surface area (Å²) in [5, 5.41) is 0. The van der Waals surface area contributed by atoms with E-state index in [0.717, 1.165) is 60.7 Å². The van der Waals surface area contributed by atoms with E-state index in [1.807, 2.05) is 0 Å². The van der Waals surface area contributed by atoms with Crippen molar-refractivity contribution in [1.82, 2.24) is 0 Å². The Balaban J connectivity index is 1.40. The summed E-state index contributed by atoms with van der Waals surface area (Å²) in [6.45, 7) is 14.8. The van der Waals surface area contributed by atoms with Crippen molar-refractivity contribution in [3.8, 4) is 0 Å². The first kappa shape index (κ1) is 25.6. The zero-order chi connectivity index (χ0) is 23.8. The monoisotopic (exact) mass is 458 g/mol. The van der Waals surface area contributed by atoms with Gasteiger partial charge in [0, 0.05) is 6.42 Å². The molecule has 2 nitrogen and oxygen atoms in total. The number of esters is 1. The van der Waals surface area contributed by atoms with E-state index in [1.54, 1.807) is 0 Å². The molecule has 2 unspecified atom stereocenters. The van der Waals surface area contributed by atoms with Crippen molar-refractivity contribution >= 4 is 5.97 Å². The molecule has 0 aliphatic heterocycles. The summed E-state index contributed by atoms with van der Waals surface area (Å²) in [5.41, 5.74) is 1.08. The Morgan fingerprint density at radius 2 is 1.64 bits per heavy atom. The number of ether oxygens (including phenoxy) is 1. The average Bonchev–Trinajstić information content (AvgIpc) is 3.11. The number of hydrogen-bond donors (Lipinski definition) is 0. The van der Waals surface area contributed by atoms with Gasteiger partial charge in [-0.15, -0.1) is 0 Å². The number of carbonyl (C=O) groups is 1. The van der Waals surface area contributed by atoms with Gasteiger partial charge in [-0.2, -0.15) is 0 Å². The molecule has 0 aromatic heterocycles. The van der Waals surface area contributed by atoms with Crippen LogP contribution in [0, 0.1) is 52.3 Å². The molecular weight excluding hydrogens is 404 g/mol. The third kappa shape index (κ3) is 4.93. The standard InChI is InChI=1S/C31H54O2/c1-7-9-29(32)33-24-16-18-30(5)23(20-24)12-13-25-27-15-14-26(22(4)11-8-10-21(2)3)31(27,6)19-17-28(25)30/h21-28H,7-20H2,1-6H3/t22-,23?,24?,25+,26-,27+,28+,30+,31-/m1/s1. The second-order valence-electron chi connectivity index (χ2n) is 13.8. The summed E-state index contributed by atoms with van der Waals surface area (Å²) < 4.78 is 5.90. The molecule has 0 amide bonds. The zero-order valence-electron chi connectivity index (χ0n) is 22.8. The molecule has 4 saturated carbocycles. The van der Waals surface area contributed by atoms with Crippen LogP contribution in [0.4, 0.5) is 0 Å². The summed E-state index contributed by atoms with van der Waals surface area (Å²) in [7, 11) is 0. The molecule has 0 spiro atoms. The lowest BCUT2D eigenvalue weighted by atomic mass is 9.44. The van der Waals surface area contributed by atoms with Crippen LogP contribution >= 0.6 is 0 Å². The SMILES string of the molecule is CCCC(=O)OC1CC[C@@]2(C)C(CC[C@H]3[C@@H]4CC[C@H]([C@H](C)CCCC(C)C)[C@@]4(C)CC[C@@H]32)C1. The highest BCUT2D eigenvalue weighted by Crippen LogP contribution is 2.68. The van der Waals surface area contributed by atoms with E-state index in [2.05, 4.69) is 41.5 Å². The molecule has 4 rings (SSSR count). The fourth-order valence-electron chi connectivity index (χ4n) is 9.80. The summed E-state index contributed by atoms with van der Waals surface area (Å²) in [4.78, 5) is 12.1. The molecule has 0 heterocycles. The molecule has 4 aliphatic rings. The van der Waals surface area contributed by atoms with Crippen LogP contribution in [0.2, 0.25) is 0 Å². The lowest BCUT2D eigenvalue weighted by Gasteiger charge is -2.61. The minimum Gasteiger partial charge on any atom is -0.462 e. The Bertz CT molecular complexity index is 670. The van der Waals surface area contributed by atoms with Crippen LogP contribution in [0.3, 0.4) is 0 Å². The molecule has 0 saturated heterocycles. The van der Waals surface area contributed by atoms with Gasteiger partial charge in [0.05, 0.1) is 0 Å². The maximum atomic E-state index is 12.1. The minimum atomic E-state index is 0.0349. The Morgan fingerprint density at radius 3 is 2.36 bits per heavy atom. The Morgan fingerprint density at radius 1 is 0.909 bits per heavy atom. The normalized spacial score (nSPS) is 43.5. The smallest absolute Gasteiger partial charge is 0.306 e. The van der Waals surface area contributed by atoms with Crippen LogP contribution in [0.1, 0.15) is 131 Å². The van der Waals surface area contributed by atoms with Gasteiger partial charge in [0.25, 0.3) is 0 Å². The van der Waals surface area contributed by atoms with Crippen LogP contribution in [0.15, 0.2) is 0 Å². The van der Waals surface area contributed by atoms with E-state index < -0.39 is 0 Å². The van der Waals surface area contributed by atoms with Gasteiger partial charge in [-0.3, -0.25) is 4.79 Å². The zero-order valence-corrected chi connectivity index (χ0v) is 22.8. The number of fused-ring (bicyclic) bond motifs is 5. The third-order valence-corrected chi connectivity index (χ3v) is 11.6. The summed E-state index contributed by atoms with van der Waals surface area (Å²) in [6.07, 6.45) is 18.2. The first-order valence-electron chi connectivity index (χ1n) is 14.9. The molecule has 4 fully saturated rings. The highest BCUT2D eigenvalue weighted by molar-refractivity contribution is 5.69. The van der Waals surface area contributed by atoms with Crippen LogP contribution < -0.4 is 0 Å². The van der Waals surface area contributed by atoms with Crippen LogP contribution in [-0.4, -0.2) is 12.1 Å². The van der Waals surface area contributed by atoms with Crippen molar-refractivity contribution in [2.45, 2.75) is 138 Å². The molecule has 2 heteroatoms. The van der Waals surface area contributed by atoms with E-state index in [4.69, 9.17) is 4.74 Å². The van der Waals surface area contributed by atoms with Gasteiger partial charge in [0.2, 0.25) is 0 Å². The number of carbonyl (C=O) groups excluding carboxylic acids is 1. The molecule has 0 aromatic rings.